The van der Waals surface area contributed by atoms with E-state index >= 15 is 0 Å². The number of halogens is 1. The van der Waals surface area contributed by atoms with Crippen LogP contribution in [0.15, 0.2) is 18.2 Å². The lowest BCUT2D eigenvalue weighted by molar-refractivity contribution is -0.421. The minimum absolute atomic E-state index is 0. The standard InChI is InChI=1S/C6H5N3O4.ClH/c7-4-2-1-3-5(8(10)11)6(4)9(12)13;/h1-3H,7H2;1H. The number of nitrogen functional groups attached to an aromatic ring is 1. The molecule has 0 heterocycles. The van der Waals surface area contributed by atoms with Crippen LogP contribution >= 0.6 is 12.4 Å². The maximum Gasteiger partial charge on any atom is 0.368 e. The van der Waals surface area contributed by atoms with Crippen molar-refractivity contribution in [2.45, 2.75) is 0 Å². The van der Waals surface area contributed by atoms with Crippen LogP contribution in [0.1, 0.15) is 0 Å². The Morgan fingerprint density at radius 1 is 1.14 bits per heavy atom. The van der Waals surface area contributed by atoms with E-state index < -0.39 is 21.2 Å². The van der Waals surface area contributed by atoms with E-state index in [9.17, 15) is 20.2 Å². The van der Waals surface area contributed by atoms with Gasteiger partial charge < -0.3 is 5.73 Å². The molecule has 2 N–H and O–H groups in total. The Morgan fingerprint density at radius 3 is 2.07 bits per heavy atom. The number of nitro groups is 2. The first kappa shape index (κ1) is 12.1. The van der Waals surface area contributed by atoms with E-state index in [1.165, 1.54) is 12.1 Å². The average Bonchev–Trinajstić information content (AvgIpc) is 2.02. The van der Waals surface area contributed by atoms with Crippen molar-refractivity contribution in [2.24, 2.45) is 0 Å². The van der Waals surface area contributed by atoms with Crippen LogP contribution in [0, 0.1) is 20.2 Å². The van der Waals surface area contributed by atoms with Gasteiger partial charge in [0.05, 0.1) is 9.85 Å². The van der Waals surface area contributed by atoms with Gasteiger partial charge in [0.1, 0.15) is 5.69 Å². The molecule has 0 aromatic heterocycles. The lowest BCUT2D eigenvalue weighted by Gasteiger charge is -1.96. The van der Waals surface area contributed by atoms with Gasteiger partial charge in [-0.15, -0.1) is 12.4 Å². The predicted octanol–water partition coefficient (Wildman–Crippen LogP) is 1.51. The second-order valence-electron chi connectivity index (χ2n) is 2.23. The minimum atomic E-state index is -0.868. The molecule has 1 rings (SSSR count). The Morgan fingerprint density at radius 2 is 1.71 bits per heavy atom. The Bertz CT molecular complexity index is 381. The lowest BCUT2D eigenvalue weighted by atomic mass is 10.2. The molecule has 14 heavy (non-hydrogen) atoms. The van der Waals surface area contributed by atoms with Crippen molar-refractivity contribution in [1.82, 2.24) is 0 Å². The number of anilines is 1. The number of benzene rings is 1. The fraction of sp³-hybridized carbons (Fsp3) is 0. The summed E-state index contributed by atoms with van der Waals surface area (Å²) in [5.74, 6) is 0. The van der Waals surface area contributed by atoms with Crippen LogP contribution < -0.4 is 5.73 Å². The highest BCUT2D eigenvalue weighted by molar-refractivity contribution is 5.85. The van der Waals surface area contributed by atoms with Gasteiger partial charge in [0.15, 0.2) is 0 Å². The van der Waals surface area contributed by atoms with E-state index in [-0.39, 0.29) is 18.1 Å². The van der Waals surface area contributed by atoms with Crippen molar-refractivity contribution in [3.63, 3.8) is 0 Å². The van der Waals surface area contributed by atoms with Gasteiger partial charge in [0.2, 0.25) is 0 Å². The zero-order chi connectivity index (χ0) is 10.0. The lowest BCUT2D eigenvalue weighted by Crippen LogP contribution is -2.00. The topological polar surface area (TPSA) is 112 Å². The van der Waals surface area contributed by atoms with Crippen LogP contribution in [-0.4, -0.2) is 9.85 Å². The van der Waals surface area contributed by atoms with Crippen molar-refractivity contribution in [3.8, 4) is 0 Å². The molecule has 0 amide bonds. The molecule has 0 saturated heterocycles. The molecule has 0 spiro atoms. The quantitative estimate of drug-likeness (QED) is 0.460. The number of para-hydroxylation sites is 1. The second kappa shape index (κ2) is 4.38. The summed E-state index contributed by atoms with van der Waals surface area (Å²) in [6, 6.07) is 3.57. The Kier molecular flexibility index (Phi) is 3.78. The third-order valence-electron chi connectivity index (χ3n) is 1.43. The molecule has 0 unspecified atom stereocenters. The summed E-state index contributed by atoms with van der Waals surface area (Å²) < 4.78 is 0. The molecule has 0 bridgehead atoms. The van der Waals surface area contributed by atoms with E-state index in [0.717, 1.165) is 6.07 Å². The second-order valence-corrected chi connectivity index (χ2v) is 2.23. The first-order valence-corrected chi connectivity index (χ1v) is 3.21. The van der Waals surface area contributed by atoms with Crippen molar-refractivity contribution >= 4 is 29.5 Å². The molecule has 7 nitrogen and oxygen atoms in total. The predicted molar refractivity (Wildman–Crippen MR) is 51.4 cm³/mol. The summed E-state index contributed by atoms with van der Waals surface area (Å²) in [5.41, 5.74) is 3.75. The number of hydrogen-bond acceptors (Lipinski definition) is 5. The molecular formula is C6H6ClN3O4. The van der Waals surface area contributed by atoms with Gasteiger partial charge in [-0.25, -0.2) is 0 Å². The van der Waals surface area contributed by atoms with E-state index in [1.807, 2.05) is 0 Å². The first-order chi connectivity index (χ1) is 6.04. The SMILES string of the molecule is Cl.Nc1cccc([N+](=O)[O-])c1[N+](=O)[O-]. The highest BCUT2D eigenvalue weighted by Crippen LogP contribution is 2.31. The summed E-state index contributed by atoms with van der Waals surface area (Å²) in [5, 5.41) is 20.7. The molecule has 0 radical (unpaired) electrons. The maximum atomic E-state index is 10.4. The average molecular weight is 220 g/mol. The number of nitrogens with two attached hydrogens (primary N) is 1. The Balaban J connectivity index is 0.00000169. The third kappa shape index (κ3) is 2.07. The van der Waals surface area contributed by atoms with Crippen LogP contribution in [0.25, 0.3) is 0 Å². The fourth-order valence-corrected chi connectivity index (χ4v) is 0.895. The van der Waals surface area contributed by atoms with E-state index in [4.69, 9.17) is 5.73 Å². The highest BCUT2D eigenvalue weighted by Gasteiger charge is 2.26. The molecule has 1 aromatic rings. The molecule has 8 heteroatoms. The summed E-state index contributed by atoms with van der Waals surface area (Å²) in [7, 11) is 0. The van der Waals surface area contributed by atoms with E-state index in [1.54, 1.807) is 0 Å². The smallest absolute Gasteiger partial charge is 0.368 e. The van der Waals surface area contributed by atoms with Crippen LogP contribution in [-0.2, 0) is 0 Å². The molecule has 0 fully saturated rings. The summed E-state index contributed by atoms with van der Waals surface area (Å²) in [6.45, 7) is 0. The Hall–Kier alpha value is -1.89. The van der Waals surface area contributed by atoms with Gasteiger partial charge >= 0.3 is 11.4 Å². The molecule has 1 aromatic carbocycles. The van der Waals surface area contributed by atoms with Gasteiger partial charge in [-0.1, -0.05) is 6.07 Å². The normalized spacial score (nSPS) is 8.86. The van der Waals surface area contributed by atoms with E-state index in [0.29, 0.717) is 0 Å². The largest absolute Gasteiger partial charge is 0.393 e. The summed E-state index contributed by atoms with van der Waals surface area (Å²) in [4.78, 5) is 19.0. The number of nitrogens with zero attached hydrogens (tertiary/aromatic N) is 2. The zero-order valence-electron chi connectivity index (χ0n) is 6.75. The number of hydrogen-bond donors (Lipinski definition) is 1. The van der Waals surface area contributed by atoms with Gasteiger partial charge in [0.25, 0.3) is 0 Å². The van der Waals surface area contributed by atoms with Crippen LogP contribution in [0.2, 0.25) is 0 Å². The summed E-state index contributed by atoms with van der Waals surface area (Å²) in [6.07, 6.45) is 0. The Labute approximate surface area is 84.2 Å². The highest BCUT2D eigenvalue weighted by atomic mass is 35.5. The fourth-order valence-electron chi connectivity index (χ4n) is 0.895. The number of rotatable bonds is 2. The van der Waals surface area contributed by atoms with Gasteiger partial charge in [0, 0.05) is 6.07 Å². The third-order valence-corrected chi connectivity index (χ3v) is 1.43. The molecule has 0 aliphatic carbocycles. The molecule has 76 valence electrons. The van der Waals surface area contributed by atoms with Gasteiger partial charge in [-0.05, 0) is 6.07 Å². The van der Waals surface area contributed by atoms with Gasteiger partial charge in [-0.2, -0.15) is 0 Å². The van der Waals surface area contributed by atoms with Crippen molar-refractivity contribution in [2.75, 3.05) is 5.73 Å². The molecule has 0 atom stereocenters. The van der Waals surface area contributed by atoms with Crippen molar-refractivity contribution < 1.29 is 9.85 Å². The van der Waals surface area contributed by atoms with Crippen LogP contribution in [0.3, 0.4) is 0 Å². The summed E-state index contributed by atoms with van der Waals surface area (Å²) >= 11 is 0. The molecular weight excluding hydrogens is 214 g/mol. The van der Waals surface area contributed by atoms with Crippen molar-refractivity contribution in [3.05, 3.63) is 38.4 Å². The van der Waals surface area contributed by atoms with E-state index in [2.05, 4.69) is 0 Å². The maximum absolute atomic E-state index is 10.4. The molecule has 0 saturated carbocycles. The van der Waals surface area contributed by atoms with Crippen molar-refractivity contribution in [1.29, 1.82) is 0 Å². The van der Waals surface area contributed by atoms with Gasteiger partial charge in [-0.3, -0.25) is 20.2 Å². The zero-order valence-corrected chi connectivity index (χ0v) is 7.56. The minimum Gasteiger partial charge on any atom is -0.393 e. The van der Waals surface area contributed by atoms with Crippen LogP contribution in [0.5, 0.6) is 0 Å². The number of nitro benzene ring substituents is 2. The molecule has 0 aliphatic heterocycles. The van der Waals surface area contributed by atoms with Crippen LogP contribution in [0.4, 0.5) is 17.1 Å². The first-order valence-electron chi connectivity index (χ1n) is 3.21. The monoisotopic (exact) mass is 219 g/mol. The molecule has 0 aliphatic rings.